The smallest absolute Gasteiger partial charge is 0.357 e. The van der Waals surface area contributed by atoms with Gasteiger partial charge in [0.05, 0.1) is 42.1 Å². The topological polar surface area (TPSA) is 133 Å². The summed E-state index contributed by atoms with van der Waals surface area (Å²) < 4.78 is 24.7. The van der Waals surface area contributed by atoms with E-state index in [9.17, 15) is 19.3 Å². The summed E-state index contributed by atoms with van der Waals surface area (Å²) in [5.74, 6) is -2.10. The fourth-order valence-electron chi connectivity index (χ4n) is 2.13. The second-order valence-corrected chi connectivity index (χ2v) is 4.51. The van der Waals surface area contributed by atoms with Gasteiger partial charge >= 0.3 is 11.7 Å². The number of aromatic nitrogens is 1. The Balaban J connectivity index is 2.82. The molecule has 2 N–H and O–H groups in total. The molecule has 0 saturated carbocycles. The molecule has 0 spiro atoms. The molecule has 0 fully saturated rings. The molecule has 0 atom stereocenters. The summed E-state index contributed by atoms with van der Waals surface area (Å²) >= 11 is 0. The Bertz CT molecular complexity index is 884. The molecule has 0 saturated heterocycles. The average molecular weight is 334 g/mol. The maximum atomic E-state index is 14.0. The van der Waals surface area contributed by atoms with Crippen LogP contribution in [-0.4, -0.2) is 29.7 Å². The van der Waals surface area contributed by atoms with Crippen molar-refractivity contribution in [3.63, 3.8) is 0 Å². The van der Waals surface area contributed by atoms with E-state index in [1.807, 2.05) is 0 Å². The quantitative estimate of drug-likeness (QED) is 0.511. The van der Waals surface area contributed by atoms with Crippen LogP contribution in [-0.2, 0) is 4.74 Å². The number of nitrogens with zero attached hydrogens (tertiary/aromatic N) is 3. The summed E-state index contributed by atoms with van der Waals surface area (Å²) in [5.41, 5.74) is 4.48. The van der Waals surface area contributed by atoms with Gasteiger partial charge in [0, 0.05) is 12.3 Å². The molecular formula is C14H11FN4O5. The Morgan fingerprint density at radius 2 is 2.12 bits per heavy atom. The number of carbonyl (C=O) groups excluding carboxylic acids is 1. The number of carbonyl (C=O) groups is 1. The molecule has 0 aliphatic carbocycles. The number of nitro groups is 1. The monoisotopic (exact) mass is 334 g/mol. The molecule has 1 heterocycles. The standard InChI is InChI=1S/C14H11FN4O5/c1-23-11-4-9(19(21)22)8(15)3-10(11)18-6-7(5-16)12(17)13(18)14(20)24-2/h3-4,6H,17H2,1-2H3. The first-order valence-corrected chi connectivity index (χ1v) is 6.37. The third kappa shape index (κ3) is 2.58. The van der Waals surface area contributed by atoms with E-state index in [0.717, 1.165) is 23.8 Å². The van der Waals surface area contributed by atoms with Crippen LogP contribution in [0.4, 0.5) is 15.8 Å². The van der Waals surface area contributed by atoms with Crippen molar-refractivity contribution >= 4 is 17.3 Å². The van der Waals surface area contributed by atoms with Crippen molar-refractivity contribution in [2.75, 3.05) is 20.0 Å². The van der Waals surface area contributed by atoms with Crippen LogP contribution >= 0.6 is 0 Å². The second kappa shape index (κ2) is 6.25. The Kier molecular flexibility index (Phi) is 4.36. The van der Waals surface area contributed by atoms with Gasteiger partial charge in [-0.1, -0.05) is 0 Å². The van der Waals surface area contributed by atoms with E-state index < -0.39 is 22.4 Å². The van der Waals surface area contributed by atoms with Crippen molar-refractivity contribution in [2.45, 2.75) is 0 Å². The number of nitro benzene ring substituents is 1. The number of benzene rings is 1. The summed E-state index contributed by atoms with van der Waals surface area (Å²) in [6, 6.07) is 3.47. The maximum Gasteiger partial charge on any atom is 0.357 e. The van der Waals surface area contributed by atoms with E-state index >= 15 is 0 Å². The van der Waals surface area contributed by atoms with E-state index in [1.165, 1.54) is 13.3 Å². The third-order valence-corrected chi connectivity index (χ3v) is 3.25. The number of halogens is 1. The number of nitrogens with two attached hydrogens (primary N) is 1. The molecule has 0 aliphatic rings. The van der Waals surface area contributed by atoms with Gasteiger partial charge in [-0.25, -0.2) is 4.79 Å². The molecule has 24 heavy (non-hydrogen) atoms. The maximum absolute atomic E-state index is 14.0. The van der Waals surface area contributed by atoms with Crippen molar-refractivity contribution in [1.29, 1.82) is 5.26 Å². The number of ether oxygens (including phenoxy) is 2. The van der Waals surface area contributed by atoms with Gasteiger partial charge in [-0.05, 0) is 0 Å². The zero-order valence-corrected chi connectivity index (χ0v) is 12.6. The molecule has 124 valence electrons. The van der Waals surface area contributed by atoms with Gasteiger partial charge < -0.3 is 19.8 Å². The van der Waals surface area contributed by atoms with Crippen molar-refractivity contribution in [1.82, 2.24) is 4.57 Å². The molecule has 0 amide bonds. The molecule has 9 nitrogen and oxygen atoms in total. The summed E-state index contributed by atoms with van der Waals surface area (Å²) in [6.07, 6.45) is 1.19. The first kappa shape index (κ1) is 16.8. The fourth-order valence-corrected chi connectivity index (χ4v) is 2.13. The molecular weight excluding hydrogens is 323 g/mol. The van der Waals surface area contributed by atoms with Crippen LogP contribution in [0.25, 0.3) is 5.69 Å². The predicted octanol–water partition coefficient (Wildman–Crippen LogP) is 1.77. The molecule has 10 heteroatoms. The molecule has 2 aromatic rings. The fraction of sp³-hybridized carbons (Fsp3) is 0.143. The highest BCUT2D eigenvalue weighted by atomic mass is 19.1. The van der Waals surface area contributed by atoms with Crippen LogP contribution in [0.1, 0.15) is 16.1 Å². The first-order chi connectivity index (χ1) is 11.3. The van der Waals surface area contributed by atoms with E-state index in [0.29, 0.717) is 0 Å². The Morgan fingerprint density at radius 1 is 1.46 bits per heavy atom. The molecule has 2 rings (SSSR count). The lowest BCUT2D eigenvalue weighted by Crippen LogP contribution is -2.12. The summed E-state index contributed by atoms with van der Waals surface area (Å²) in [5, 5.41) is 19.9. The number of esters is 1. The van der Waals surface area contributed by atoms with E-state index in [1.54, 1.807) is 6.07 Å². The number of rotatable bonds is 4. The Morgan fingerprint density at radius 3 is 2.62 bits per heavy atom. The molecule has 0 aliphatic heterocycles. The summed E-state index contributed by atoms with van der Waals surface area (Å²) in [4.78, 5) is 21.9. The SMILES string of the molecule is COC(=O)c1c(N)c(C#N)cn1-c1cc(F)c([N+](=O)[O-])cc1OC. The number of anilines is 1. The van der Waals surface area contributed by atoms with Gasteiger partial charge in [0.25, 0.3) is 0 Å². The van der Waals surface area contributed by atoms with Gasteiger partial charge in [0.15, 0.2) is 5.69 Å². The number of hydrogen-bond acceptors (Lipinski definition) is 7. The van der Waals surface area contributed by atoms with Crippen LogP contribution < -0.4 is 10.5 Å². The van der Waals surface area contributed by atoms with Crippen molar-refractivity contribution in [3.8, 4) is 17.5 Å². The normalized spacial score (nSPS) is 10.1. The van der Waals surface area contributed by atoms with Crippen LogP contribution in [0.5, 0.6) is 5.75 Å². The number of hydrogen-bond donors (Lipinski definition) is 1. The first-order valence-electron chi connectivity index (χ1n) is 6.37. The zero-order valence-electron chi connectivity index (χ0n) is 12.6. The minimum Gasteiger partial charge on any atom is -0.494 e. The molecule has 0 bridgehead atoms. The highest BCUT2D eigenvalue weighted by Gasteiger charge is 2.26. The minimum absolute atomic E-state index is 0.0452. The largest absolute Gasteiger partial charge is 0.494 e. The molecule has 1 aromatic heterocycles. The Hall–Kier alpha value is -3.61. The van der Waals surface area contributed by atoms with Gasteiger partial charge in [-0.2, -0.15) is 9.65 Å². The van der Waals surface area contributed by atoms with E-state index in [4.69, 9.17) is 15.7 Å². The Labute approximate surface area is 134 Å². The molecule has 0 radical (unpaired) electrons. The van der Waals surface area contributed by atoms with Crippen LogP contribution in [0, 0.1) is 27.3 Å². The van der Waals surface area contributed by atoms with Crippen molar-refractivity contribution in [3.05, 3.63) is 45.5 Å². The number of methoxy groups -OCH3 is 2. The third-order valence-electron chi connectivity index (χ3n) is 3.25. The summed E-state index contributed by atoms with van der Waals surface area (Å²) in [6.45, 7) is 0. The highest BCUT2D eigenvalue weighted by molar-refractivity contribution is 5.96. The van der Waals surface area contributed by atoms with Gasteiger partial charge in [0.1, 0.15) is 11.8 Å². The van der Waals surface area contributed by atoms with Crippen molar-refractivity contribution < 1.29 is 23.6 Å². The number of nitriles is 1. The second-order valence-electron chi connectivity index (χ2n) is 4.51. The van der Waals surface area contributed by atoms with E-state index in [2.05, 4.69) is 4.74 Å². The predicted molar refractivity (Wildman–Crippen MR) is 79.4 cm³/mol. The lowest BCUT2D eigenvalue weighted by atomic mass is 10.2. The van der Waals surface area contributed by atoms with Crippen LogP contribution in [0.2, 0.25) is 0 Å². The lowest BCUT2D eigenvalue weighted by Gasteiger charge is -2.12. The average Bonchev–Trinajstić information content (AvgIpc) is 2.89. The van der Waals surface area contributed by atoms with Gasteiger partial charge in [-0.15, -0.1) is 0 Å². The molecule has 1 aromatic carbocycles. The highest BCUT2D eigenvalue weighted by Crippen LogP contribution is 2.34. The lowest BCUT2D eigenvalue weighted by molar-refractivity contribution is -0.387. The molecule has 0 unspecified atom stereocenters. The zero-order chi connectivity index (χ0) is 18.0. The van der Waals surface area contributed by atoms with Crippen LogP contribution in [0.3, 0.4) is 0 Å². The van der Waals surface area contributed by atoms with Crippen molar-refractivity contribution in [2.24, 2.45) is 0 Å². The summed E-state index contributed by atoms with van der Waals surface area (Å²) in [7, 11) is 2.33. The number of nitrogen functional groups attached to an aromatic ring is 1. The van der Waals surface area contributed by atoms with E-state index in [-0.39, 0.29) is 28.4 Å². The van der Waals surface area contributed by atoms with Crippen LogP contribution in [0.15, 0.2) is 18.3 Å². The van der Waals surface area contributed by atoms with Gasteiger partial charge in [-0.3, -0.25) is 10.1 Å². The minimum atomic E-state index is -1.14. The van der Waals surface area contributed by atoms with Gasteiger partial charge in [0.2, 0.25) is 5.82 Å².